The summed E-state index contributed by atoms with van der Waals surface area (Å²) in [6, 6.07) is 11.7. The molecule has 0 fully saturated rings. The van der Waals surface area contributed by atoms with Crippen LogP contribution in [-0.2, 0) is 4.79 Å². The number of aryl methyl sites for hydroxylation is 1. The Morgan fingerprint density at radius 1 is 1.17 bits per heavy atom. The van der Waals surface area contributed by atoms with Crippen LogP contribution in [0.25, 0.3) is 0 Å². The molecule has 1 aliphatic rings. The van der Waals surface area contributed by atoms with Crippen molar-refractivity contribution in [2.75, 3.05) is 7.11 Å². The molecule has 1 amide bonds. The summed E-state index contributed by atoms with van der Waals surface area (Å²) in [7, 11) is 1.63. The summed E-state index contributed by atoms with van der Waals surface area (Å²) >= 11 is 0. The first-order valence-corrected chi connectivity index (χ1v) is 10.5. The van der Waals surface area contributed by atoms with Crippen molar-refractivity contribution in [2.24, 2.45) is 0 Å². The first-order chi connectivity index (χ1) is 14.1. The van der Waals surface area contributed by atoms with E-state index >= 15 is 0 Å². The SMILES string of the molecule is COc1ccc2c(c1)[C@@H](NC(=O)[C@@H](C)Oc1cc(C)ccc1C(C)C)CC(C)(C)O2. The number of carbonyl (C=O) groups is 1. The van der Waals surface area contributed by atoms with E-state index < -0.39 is 6.10 Å². The zero-order valence-electron chi connectivity index (χ0n) is 19.0. The number of hydrogen-bond donors (Lipinski definition) is 1. The minimum atomic E-state index is -0.621. The van der Waals surface area contributed by atoms with E-state index in [0.717, 1.165) is 33.9 Å². The van der Waals surface area contributed by atoms with E-state index in [1.54, 1.807) is 14.0 Å². The Balaban J connectivity index is 1.80. The van der Waals surface area contributed by atoms with Gasteiger partial charge in [-0.1, -0.05) is 26.0 Å². The Hall–Kier alpha value is -2.69. The van der Waals surface area contributed by atoms with Crippen molar-refractivity contribution >= 4 is 5.91 Å². The number of carbonyl (C=O) groups excluding carboxylic acids is 1. The van der Waals surface area contributed by atoms with Crippen molar-refractivity contribution in [3.05, 3.63) is 53.1 Å². The maximum absolute atomic E-state index is 13.0. The van der Waals surface area contributed by atoms with Gasteiger partial charge in [0.25, 0.3) is 5.91 Å². The Morgan fingerprint density at radius 2 is 1.90 bits per heavy atom. The highest BCUT2D eigenvalue weighted by Gasteiger charge is 2.35. The van der Waals surface area contributed by atoms with Crippen LogP contribution < -0.4 is 19.5 Å². The van der Waals surface area contributed by atoms with Gasteiger partial charge in [-0.2, -0.15) is 0 Å². The number of nitrogens with one attached hydrogen (secondary N) is 1. The van der Waals surface area contributed by atoms with Gasteiger partial charge < -0.3 is 19.5 Å². The third-order valence-electron chi connectivity index (χ3n) is 5.45. The van der Waals surface area contributed by atoms with Crippen LogP contribution in [0.5, 0.6) is 17.2 Å². The molecule has 30 heavy (non-hydrogen) atoms. The predicted octanol–water partition coefficient (Wildman–Crippen LogP) is 5.31. The summed E-state index contributed by atoms with van der Waals surface area (Å²) in [5, 5.41) is 3.17. The van der Waals surface area contributed by atoms with E-state index in [-0.39, 0.29) is 17.6 Å². The van der Waals surface area contributed by atoms with Crippen molar-refractivity contribution in [3.8, 4) is 17.2 Å². The lowest BCUT2D eigenvalue weighted by atomic mass is 9.89. The van der Waals surface area contributed by atoms with Gasteiger partial charge in [-0.3, -0.25) is 4.79 Å². The second-order valence-corrected chi connectivity index (χ2v) is 8.99. The highest BCUT2D eigenvalue weighted by Crippen LogP contribution is 2.41. The molecular formula is C25H33NO4. The largest absolute Gasteiger partial charge is 0.497 e. The third kappa shape index (κ3) is 4.89. The minimum absolute atomic E-state index is 0.150. The molecule has 3 rings (SSSR count). The van der Waals surface area contributed by atoms with Crippen LogP contribution in [0, 0.1) is 6.92 Å². The van der Waals surface area contributed by atoms with Gasteiger partial charge in [0.1, 0.15) is 22.8 Å². The predicted molar refractivity (Wildman–Crippen MR) is 119 cm³/mol. The number of methoxy groups -OCH3 is 1. The minimum Gasteiger partial charge on any atom is -0.497 e. The Kier molecular flexibility index (Phi) is 6.30. The number of benzene rings is 2. The summed E-state index contributed by atoms with van der Waals surface area (Å²) in [6.45, 7) is 12.1. The zero-order chi connectivity index (χ0) is 22.1. The van der Waals surface area contributed by atoms with Gasteiger partial charge >= 0.3 is 0 Å². The first kappa shape index (κ1) is 22.0. The van der Waals surface area contributed by atoms with Gasteiger partial charge in [-0.25, -0.2) is 0 Å². The Bertz CT molecular complexity index is 919. The number of ether oxygens (including phenoxy) is 3. The molecule has 1 heterocycles. The highest BCUT2D eigenvalue weighted by molar-refractivity contribution is 5.81. The van der Waals surface area contributed by atoms with Crippen LogP contribution in [0.4, 0.5) is 0 Å². The topological polar surface area (TPSA) is 56.8 Å². The van der Waals surface area contributed by atoms with Gasteiger partial charge in [0, 0.05) is 12.0 Å². The van der Waals surface area contributed by atoms with Crippen LogP contribution in [0.3, 0.4) is 0 Å². The molecule has 1 aliphatic heterocycles. The zero-order valence-corrected chi connectivity index (χ0v) is 19.0. The smallest absolute Gasteiger partial charge is 0.261 e. The fourth-order valence-corrected chi connectivity index (χ4v) is 3.84. The van der Waals surface area contributed by atoms with E-state index in [4.69, 9.17) is 14.2 Å². The molecule has 2 aromatic rings. The van der Waals surface area contributed by atoms with E-state index in [9.17, 15) is 4.79 Å². The normalized spacial score (nSPS) is 18.2. The molecule has 0 spiro atoms. The summed E-state index contributed by atoms with van der Waals surface area (Å²) in [4.78, 5) is 13.0. The monoisotopic (exact) mass is 411 g/mol. The molecule has 0 saturated carbocycles. The van der Waals surface area contributed by atoms with Crippen LogP contribution in [0.1, 0.15) is 69.7 Å². The lowest BCUT2D eigenvalue weighted by molar-refractivity contribution is -0.128. The Morgan fingerprint density at radius 3 is 2.57 bits per heavy atom. The van der Waals surface area contributed by atoms with Gasteiger partial charge in [0.2, 0.25) is 0 Å². The fourth-order valence-electron chi connectivity index (χ4n) is 3.84. The molecule has 0 bridgehead atoms. The quantitative estimate of drug-likeness (QED) is 0.700. The maximum atomic E-state index is 13.0. The van der Waals surface area contributed by atoms with Crippen LogP contribution in [0.2, 0.25) is 0 Å². The number of rotatable bonds is 6. The van der Waals surface area contributed by atoms with Crippen molar-refractivity contribution < 1.29 is 19.0 Å². The van der Waals surface area contributed by atoms with Crippen molar-refractivity contribution in [1.29, 1.82) is 0 Å². The molecule has 2 aromatic carbocycles. The second kappa shape index (κ2) is 8.58. The molecule has 0 radical (unpaired) electrons. The maximum Gasteiger partial charge on any atom is 0.261 e. The number of hydrogen-bond acceptors (Lipinski definition) is 4. The van der Waals surface area contributed by atoms with E-state index in [1.807, 2.05) is 45.0 Å². The molecule has 162 valence electrons. The van der Waals surface area contributed by atoms with Crippen LogP contribution in [0.15, 0.2) is 36.4 Å². The summed E-state index contributed by atoms with van der Waals surface area (Å²) in [5.41, 5.74) is 2.75. The van der Waals surface area contributed by atoms with Crippen LogP contribution in [-0.4, -0.2) is 24.7 Å². The van der Waals surface area contributed by atoms with Crippen molar-refractivity contribution in [1.82, 2.24) is 5.32 Å². The molecule has 1 N–H and O–H groups in total. The molecule has 0 saturated heterocycles. The lowest BCUT2D eigenvalue weighted by Crippen LogP contribution is -2.44. The summed E-state index contributed by atoms with van der Waals surface area (Å²) < 4.78 is 17.6. The van der Waals surface area contributed by atoms with Gasteiger partial charge in [-0.15, -0.1) is 0 Å². The molecular weight excluding hydrogens is 378 g/mol. The number of fused-ring (bicyclic) bond motifs is 1. The average molecular weight is 412 g/mol. The van der Waals surface area contributed by atoms with E-state index in [2.05, 4.69) is 31.3 Å². The molecule has 5 nitrogen and oxygen atoms in total. The highest BCUT2D eigenvalue weighted by atomic mass is 16.5. The van der Waals surface area contributed by atoms with Crippen molar-refractivity contribution in [3.63, 3.8) is 0 Å². The third-order valence-corrected chi connectivity index (χ3v) is 5.45. The first-order valence-electron chi connectivity index (χ1n) is 10.5. The molecule has 2 atom stereocenters. The van der Waals surface area contributed by atoms with Gasteiger partial charge in [-0.05, 0) is 69.0 Å². The van der Waals surface area contributed by atoms with E-state index in [1.165, 1.54) is 0 Å². The van der Waals surface area contributed by atoms with Gasteiger partial charge in [0.15, 0.2) is 6.10 Å². The number of amides is 1. The van der Waals surface area contributed by atoms with Crippen molar-refractivity contribution in [2.45, 2.75) is 71.6 Å². The lowest BCUT2D eigenvalue weighted by Gasteiger charge is -2.38. The molecule has 0 aromatic heterocycles. The molecule has 0 unspecified atom stereocenters. The fraction of sp³-hybridized carbons (Fsp3) is 0.480. The standard InChI is InChI=1S/C25H33NO4/c1-15(2)19-10-8-16(3)12-23(19)29-17(4)24(27)26-21-14-25(5,6)30-22-11-9-18(28-7)13-20(21)22/h8-13,15,17,21H,14H2,1-7H3,(H,26,27)/t17-,21+/m1/s1. The molecule has 5 heteroatoms. The van der Waals surface area contributed by atoms with E-state index in [0.29, 0.717) is 12.3 Å². The van der Waals surface area contributed by atoms with Gasteiger partial charge in [0.05, 0.1) is 13.2 Å². The average Bonchev–Trinajstić information content (AvgIpc) is 2.66. The summed E-state index contributed by atoms with van der Waals surface area (Å²) in [6.07, 6.45) is 0.0390. The molecule has 0 aliphatic carbocycles. The van der Waals surface area contributed by atoms with Crippen LogP contribution >= 0.6 is 0 Å². The summed E-state index contributed by atoms with van der Waals surface area (Å²) in [5.74, 6) is 2.44. The Labute approximate surface area is 179 Å². The second-order valence-electron chi connectivity index (χ2n) is 8.99.